The molecule has 4 nitrogen and oxygen atoms in total. The number of rotatable bonds is 4. The maximum Gasteiger partial charge on any atom is 0.144 e. The molecule has 1 heterocycles. The van der Waals surface area contributed by atoms with Crippen molar-refractivity contribution in [2.45, 2.75) is 6.54 Å². The van der Waals surface area contributed by atoms with Gasteiger partial charge in [-0.3, -0.25) is 0 Å². The highest BCUT2D eigenvalue weighted by Gasteiger charge is 2.00. The molecule has 0 atom stereocenters. The van der Waals surface area contributed by atoms with Crippen LogP contribution in [-0.2, 0) is 6.54 Å². The lowest BCUT2D eigenvalue weighted by atomic mass is 10.2. The van der Waals surface area contributed by atoms with Crippen molar-refractivity contribution in [2.24, 2.45) is 5.73 Å². The molecular weight excluding hydrogens is 312 g/mol. The van der Waals surface area contributed by atoms with Crippen LogP contribution < -0.4 is 11.1 Å². The summed E-state index contributed by atoms with van der Waals surface area (Å²) in [7, 11) is 0. The van der Waals surface area contributed by atoms with Crippen molar-refractivity contribution < 1.29 is 0 Å². The second kappa shape index (κ2) is 5.88. The Hall–Kier alpha value is -1.53. The van der Waals surface area contributed by atoms with Gasteiger partial charge in [-0.25, -0.2) is 9.97 Å². The van der Waals surface area contributed by atoms with Crippen LogP contribution in [-0.4, -0.2) is 15.0 Å². The number of hydrogen-bond donors (Lipinski definition) is 2. The van der Waals surface area contributed by atoms with Crippen molar-refractivity contribution in [3.05, 3.63) is 52.4 Å². The topological polar surface area (TPSA) is 63.8 Å². The van der Waals surface area contributed by atoms with E-state index in [0.29, 0.717) is 18.1 Å². The molecule has 0 saturated carbocycles. The van der Waals surface area contributed by atoms with Crippen molar-refractivity contribution in [2.75, 3.05) is 5.32 Å². The smallest absolute Gasteiger partial charge is 0.144 e. The molecule has 2 aromatic rings. The first-order chi connectivity index (χ1) is 8.65. The van der Waals surface area contributed by atoms with Gasteiger partial charge in [0.25, 0.3) is 0 Å². The van der Waals surface area contributed by atoms with Crippen LogP contribution in [0.5, 0.6) is 0 Å². The molecule has 6 heteroatoms. The van der Waals surface area contributed by atoms with Gasteiger partial charge in [0.1, 0.15) is 16.5 Å². The number of aromatic nitrogens is 2. The number of thiocarbonyl (C=S) groups is 1. The summed E-state index contributed by atoms with van der Waals surface area (Å²) in [6, 6.07) is 8.07. The van der Waals surface area contributed by atoms with Gasteiger partial charge < -0.3 is 11.1 Å². The number of anilines is 1. The summed E-state index contributed by atoms with van der Waals surface area (Å²) in [6.45, 7) is 0.689. The molecule has 0 unspecified atom stereocenters. The van der Waals surface area contributed by atoms with Crippen LogP contribution in [0.3, 0.4) is 0 Å². The molecule has 0 saturated heterocycles. The van der Waals surface area contributed by atoms with Gasteiger partial charge in [0, 0.05) is 11.0 Å². The lowest BCUT2D eigenvalue weighted by Crippen LogP contribution is -2.12. The summed E-state index contributed by atoms with van der Waals surface area (Å²) in [6.07, 6.45) is 3.18. The predicted octanol–water partition coefficient (Wildman–Crippen LogP) is 2.49. The Bertz CT molecular complexity index is 539. The van der Waals surface area contributed by atoms with Gasteiger partial charge in [-0.2, -0.15) is 0 Å². The number of halogens is 1. The third-order valence-corrected chi connectivity index (χ3v) is 3.03. The Balaban J connectivity index is 1.97. The highest BCUT2D eigenvalue weighted by molar-refractivity contribution is 9.10. The Morgan fingerprint density at radius 3 is 2.50 bits per heavy atom. The van der Waals surface area contributed by atoms with Gasteiger partial charge >= 0.3 is 0 Å². The summed E-state index contributed by atoms with van der Waals surface area (Å²) < 4.78 is 1.06. The SMILES string of the molecule is NC(=S)c1cnc(NCc2ccc(Br)cc2)cn1. The maximum absolute atomic E-state index is 5.45. The molecule has 1 aromatic carbocycles. The summed E-state index contributed by atoms with van der Waals surface area (Å²) >= 11 is 8.21. The molecule has 0 amide bonds. The summed E-state index contributed by atoms with van der Waals surface area (Å²) in [5, 5.41) is 3.17. The second-order valence-corrected chi connectivity index (χ2v) is 4.99. The molecular formula is C12H11BrN4S. The van der Waals surface area contributed by atoms with Gasteiger partial charge in [0.15, 0.2) is 0 Å². The van der Waals surface area contributed by atoms with E-state index in [1.165, 1.54) is 5.56 Å². The zero-order chi connectivity index (χ0) is 13.0. The largest absolute Gasteiger partial charge is 0.388 e. The monoisotopic (exact) mass is 322 g/mol. The fourth-order valence-corrected chi connectivity index (χ4v) is 1.71. The third kappa shape index (κ3) is 3.48. The van der Waals surface area contributed by atoms with Crippen LogP contribution in [0.1, 0.15) is 11.3 Å². The minimum absolute atomic E-state index is 0.252. The maximum atomic E-state index is 5.45. The van der Waals surface area contributed by atoms with Crippen LogP contribution in [0.25, 0.3) is 0 Å². The fourth-order valence-electron chi connectivity index (χ4n) is 1.34. The standard InChI is InChI=1S/C12H11BrN4S/c13-9-3-1-8(2-4-9)5-16-11-7-15-10(6-17-11)12(14)18/h1-4,6-7H,5H2,(H2,14,18)(H,16,17). The van der Waals surface area contributed by atoms with Gasteiger partial charge in [-0.1, -0.05) is 40.3 Å². The number of nitrogens with one attached hydrogen (secondary N) is 1. The number of nitrogens with two attached hydrogens (primary N) is 1. The minimum atomic E-state index is 0.252. The summed E-state index contributed by atoms with van der Waals surface area (Å²) in [5.74, 6) is 0.693. The number of nitrogens with zero attached hydrogens (tertiary/aromatic N) is 2. The molecule has 3 N–H and O–H groups in total. The molecule has 92 valence electrons. The Kier molecular flexibility index (Phi) is 4.22. The number of benzene rings is 1. The van der Waals surface area contributed by atoms with E-state index in [4.69, 9.17) is 18.0 Å². The molecule has 1 aromatic heterocycles. The quantitative estimate of drug-likeness (QED) is 0.847. The van der Waals surface area contributed by atoms with Crippen LogP contribution in [0, 0.1) is 0 Å². The van der Waals surface area contributed by atoms with Crippen LogP contribution in [0.4, 0.5) is 5.82 Å². The van der Waals surface area contributed by atoms with Crippen molar-refractivity contribution in [1.82, 2.24) is 9.97 Å². The van der Waals surface area contributed by atoms with E-state index in [0.717, 1.165) is 4.47 Å². The van der Waals surface area contributed by atoms with Crippen molar-refractivity contribution in [1.29, 1.82) is 0 Å². The zero-order valence-corrected chi connectivity index (χ0v) is 11.8. The third-order valence-electron chi connectivity index (χ3n) is 2.29. The van der Waals surface area contributed by atoms with E-state index in [-0.39, 0.29) is 4.99 Å². The van der Waals surface area contributed by atoms with Crippen molar-refractivity contribution in [3.8, 4) is 0 Å². The average molecular weight is 323 g/mol. The van der Waals surface area contributed by atoms with Gasteiger partial charge in [-0.05, 0) is 17.7 Å². The van der Waals surface area contributed by atoms with E-state index in [9.17, 15) is 0 Å². The van der Waals surface area contributed by atoms with Crippen molar-refractivity contribution >= 4 is 39.0 Å². The molecule has 18 heavy (non-hydrogen) atoms. The van der Waals surface area contributed by atoms with E-state index in [1.54, 1.807) is 12.4 Å². The molecule has 0 aliphatic heterocycles. The van der Waals surface area contributed by atoms with E-state index < -0.39 is 0 Å². The Morgan fingerprint density at radius 2 is 1.94 bits per heavy atom. The van der Waals surface area contributed by atoms with Crippen LogP contribution in [0.15, 0.2) is 41.1 Å². The van der Waals surface area contributed by atoms with E-state index in [2.05, 4.69) is 31.2 Å². The van der Waals surface area contributed by atoms with Gasteiger partial charge in [0.05, 0.1) is 12.4 Å². The zero-order valence-electron chi connectivity index (χ0n) is 9.43. The van der Waals surface area contributed by atoms with Crippen LogP contribution in [0.2, 0.25) is 0 Å². The first kappa shape index (κ1) is 12.9. The van der Waals surface area contributed by atoms with Crippen LogP contribution >= 0.6 is 28.1 Å². The molecule has 0 spiro atoms. The highest BCUT2D eigenvalue weighted by Crippen LogP contribution is 2.11. The first-order valence-corrected chi connectivity index (χ1v) is 6.45. The molecule has 0 fully saturated rings. The first-order valence-electron chi connectivity index (χ1n) is 5.25. The Morgan fingerprint density at radius 1 is 1.22 bits per heavy atom. The fraction of sp³-hybridized carbons (Fsp3) is 0.0833. The minimum Gasteiger partial charge on any atom is -0.388 e. The average Bonchev–Trinajstić information content (AvgIpc) is 2.38. The van der Waals surface area contributed by atoms with Crippen molar-refractivity contribution in [3.63, 3.8) is 0 Å². The lowest BCUT2D eigenvalue weighted by molar-refractivity contribution is 1.08. The normalized spacial score (nSPS) is 10.1. The van der Waals surface area contributed by atoms with E-state index in [1.807, 2.05) is 24.3 Å². The Labute approximate surface area is 119 Å². The second-order valence-electron chi connectivity index (χ2n) is 3.63. The van der Waals surface area contributed by atoms with Gasteiger partial charge in [0.2, 0.25) is 0 Å². The molecule has 0 aliphatic carbocycles. The van der Waals surface area contributed by atoms with Gasteiger partial charge in [-0.15, -0.1) is 0 Å². The predicted molar refractivity (Wildman–Crippen MR) is 79.4 cm³/mol. The molecule has 2 rings (SSSR count). The molecule has 0 bridgehead atoms. The molecule has 0 radical (unpaired) electrons. The number of hydrogen-bond acceptors (Lipinski definition) is 4. The summed E-state index contributed by atoms with van der Waals surface area (Å²) in [4.78, 5) is 8.54. The highest BCUT2D eigenvalue weighted by atomic mass is 79.9. The molecule has 0 aliphatic rings. The summed E-state index contributed by atoms with van der Waals surface area (Å²) in [5.41, 5.74) is 7.14. The lowest BCUT2D eigenvalue weighted by Gasteiger charge is -2.06. The van der Waals surface area contributed by atoms with E-state index >= 15 is 0 Å².